The third kappa shape index (κ3) is 3.37. The molecule has 0 aliphatic carbocycles. The van der Waals surface area contributed by atoms with Gasteiger partial charge >= 0.3 is 21.7 Å². The number of benzene rings is 1. The second kappa shape index (κ2) is 5.93. The fraction of sp³-hybridized carbons (Fsp3) is 0.250. The first-order valence-corrected chi connectivity index (χ1v) is 7.84. The van der Waals surface area contributed by atoms with Crippen LogP contribution in [0.4, 0.5) is 18.0 Å². The summed E-state index contributed by atoms with van der Waals surface area (Å²) < 4.78 is 69.0. The number of hydrogen-bond donors (Lipinski definition) is 0. The Labute approximate surface area is 133 Å². The number of rotatable bonds is 3. The SMILES string of the molecule is CCOC(=O)n1c(OS(=O)(=O)C(F)(F)F)cc2cc(Cl)ccc21. The van der Waals surface area contributed by atoms with Crippen molar-refractivity contribution in [3.63, 3.8) is 0 Å². The van der Waals surface area contributed by atoms with E-state index in [1.54, 1.807) is 0 Å². The van der Waals surface area contributed by atoms with E-state index in [1.165, 1.54) is 25.1 Å². The first-order valence-electron chi connectivity index (χ1n) is 6.05. The summed E-state index contributed by atoms with van der Waals surface area (Å²) in [6, 6.07) is 4.98. The Morgan fingerprint density at radius 1 is 1.30 bits per heavy atom. The third-order valence-corrected chi connectivity index (χ3v) is 3.85. The molecule has 0 amide bonds. The second-order valence-corrected chi connectivity index (χ2v) is 6.18. The van der Waals surface area contributed by atoms with Crippen molar-refractivity contribution in [1.29, 1.82) is 0 Å². The predicted octanol–water partition coefficient (Wildman–Crippen LogP) is 3.53. The molecule has 0 N–H and O–H groups in total. The molecule has 0 saturated carbocycles. The summed E-state index contributed by atoms with van der Waals surface area (Å²) in [4.78, 5) is 11.9. The van der Waals surface area contributed by atoms with Crippen molar-refractivity contribution in [2.75, 3.05) is 6.61 Å². The van der Waals surface area contributed by atoms with E-state index in [1.807, 2.05) is 0 Å². The van der Waals surface area contributed by atoms with Crippen LogP contribution in [0.3, 0.4) is 0 Å². The molecule has 0 unspecified atom stereocenters. The van der Waals surface area contributed by atoms with Crippen LogP contribution < -0.4 is 4.18 Å². The number of halogens is 4. The summed E-state index contributed by atoms with van der Waals surface area (Å²) in [6.07, 6.45) is -1.09. The number of hydrogen-bond acceptors (Lipinski definition) is 5. The van der Waals surface area contributed by atoms with Crippen LogP contribution in [-0.2, 0) is 14.9 Å². The van der Waals surface area contributed by atoms with Gasteiger partial charge in [-0.25, -0.2) is 9.36 Å². The Morgan fingerprint density at radius 3 is 2.52 bits per heavy atom. The molecule has 0 bridgehead atoms. The van der Waals surface area contributed by atoms with Gasteiger partial charge in [-0.15, -0.1) is 0 Å². The minimum atomic E-state index is -5.94. The van der Waals surface area contributed by atoms with Crippen molar-refractivity contribution in [3.8, 4) is 5.88 Å². The quantitative estimate of drug-likeness (QED) is 0.609. The van der Waals surface area contributed by atoms with Gasteiger partial charge in [-0.2, -0.15) is 21.6 Å². The summed E-state index contributed by atoms with van der Waals surface area (Å²) >= 11 is 5.76. The number of fused-ring (bicyclic) bond motifs is 1. The number of aromatic nitrogens is 1. The molecule has 0 fully saturated rings. The standard InChI is InChI=1S/C12H9ClF3NO5S/c1-2-21-11(18)17-9-4-3-8(13)5-7(9)6-10(17)22-23(19,20)12(14,15)16/h3-6H,2H2,1H3. The zero-order chi connectivity index (χ0) is 17.4. The zero-order valence-corrected chi connectivity index (χ0v) is 13.0. The van der Waals surface area contributed by atoms with E-state index < -0.39 is 27.6 Å². The highest BCUT2D eigenvalue weighted by Crippen LogP contribution is 2.32. The monoisotopic (exact) mass is 371 g/mol. The fourth-order valence-corrected chi connectivity index (χ4v) is 2.38. The highest BCUT2D eigenvalue weighted by molar-refractivity contribution is 7.87. The average molecular weight is 372 g/mol. The summed E-state index contributed by atoms with van der Waals surface area (Å²) in [6.45, 7) is 1.41. The first kappa shape index (κ1) is 17.4. The highest BCUT2D eigenvalue weighted by atomic mass is 35.5. The Hall–Kier alpha value is -1.94. The molecule has 0 aliphatic heterocycles. The Bertz CT molecular complexity index is 859. The molecule has 2 rings (SSSR count). The molecule has 23 heavy (non-hydrogen) atoms. The number of carbonyl (C=O) groups is 1. The van der Waals surface area contributed by atoms with Crippen molar-refractivity contribution >= 4 is 38.7 Å². The van der Waals surface area contributed by atoms with Crippen LogP contribution in [0.15, 0.2) is 24.3 Å². The van der Waals surface area contributed by atoms with Gasteiger partial charge in [0.25, 0.3) is 0 Å². The molecule has 1 aromatic carbocycles. The van der Waals surface area contributed by atoms with E-state index in [0.717, 1.165) is 6.07 Å². The zero-order valence-electron chi connectivity index (χ0n) is 11.4. The van der Waals surface area contributed by atoms with E-state index in [0.29, 0.717) is 4.57 Å². The lowest BCUT2D eigenvalue weighted by Gasteiger charge is -2.11. The molecule has 0 aliphatic rings. The average Bonchev–Trinajstić information content (AvgIpc) is 2.73. The Morgan fingerprint density at radius 2 is 1.96 bits per heavy atom. The molecular formula is C12H9ClF3NO5S. The molecule has 0 saturated heterocycles. The van der Waals surface area contributed by atoms with Crippen LogP contribution in [0.1, 0.15) is 6.92 Å². The maximum Gasteiger partial charge on any atom is 0.534 e. The smallest absolute Gasteiger partial charge is 0.449 e. The highest BCUT2D eigenvalue weighted by Gasteiger charge is 2.49. The van der Waals surface area contributed by atoms with Gasteiger partial charge in [0, 0.05) is 16.5 Å². The van der Waals surface area contributed by atoms with E-state index in [9.17, 15) is 26.4 Å². The first-order chi connectivity index (χ1) is 10.6. The molecule has 0 radical (unpaired) electrons. The van der Waals surface area contributed by atoms with Crippen LogP contribution in [0.25, 0.3) is 10.9 Å². The van der Waals surface area contributed by atoms with Crippen LogP contribution in [0.2, 0.25) is 5.02 Å². The molecule has 126 valence electrons. The van der Waals surface area contributed by atoms with Crippen LogP contribution in [0, 0.1) is 0 Å². The van der Waals surface area contributed by atoms with Crippen LogP contribution in [0.5, 0.6) is 5.88 Å². The summed E-state index contributed by atoms with van der Waals surface area (Å²) in [5.41, 5.74) is -5.55. The minimum Gasteiger partial charge on any atom is -0.449 e. The van der Waals surface area contributed by atoms with Gasteiger partial charge in [-0.05, 0) is 25.1 Å². The largest absolute Gasteiger partial charge is 0.534 e. The molecule has 1 aromatic heterocycles. The lowest BCUT2D eigenvalue weighted by atomic mass is 10.2. The molecule has 6 nitrogen and oxygen atoms in total. The van der Waals surface area contributed by atoms with Gasteiger partial charge < -0.3 is 8.92 Å². The molecule has 1 heterocycles. The van der Waals surface area contributed by atoms with E-state index >= 15 is 0 Å². The molecular weight excluding hydrogens is 363 g/mol. The van der Waals surface area contributed by atoms with Crippen molar-refractivity contribution in [2.24, 2.45) is 0 Å². The van der Waals surface area contributed by atoms with Gasteiger partial charge in [0.1, 0.15) is 0 Å². The number of carbonyl (C=O) groups excluding carboxylic acids is 1. The molecule has 11 heteroatoms. The Kier molecular flexibility index (Phi) is 4.49. The van der Waals surface area contributed by atoms with Gasteiger partial charge in [-0.1, -0.05) is 11.6 Å². The van der Waals surface area contributed by atoms with Crippen LogP contribution >= 0.6 is 11.6 Å². The molecule has 0 atom stereocenters. The van der Waals surface area contributed by atoms with Gasteiger partial charge in [0.15, 0.2) is 0 Å². The number of ether oxygens (including phenoxy) is 1. The van der Waals surface area contributed by atoms with E-state index in [4.69, 9.17) is 16.3 Å². The van der Waals surface area contributed by atoms with Crippen molar-refractivity contribution in [3.05, 3.63) is 29.3 Å². The number of alkyl halides is 3. The van der Waals surface area contributed by atoms with Gasteiger partial charge in [0.05, 0.1) is 12.1 Å². The van der Waals surface area contributed by atoms with E-state index in [2.05, 4.69) is 4.18 Å². The predicted molar refractivity (Wildman–Crippen MR) is 75.0 cm³/mol. The van der Waals surface area contributed by atoms with Crippen molar-refractivity contribution < 1.29 is 35.3 Å². The summed E-state index contributed by atoms with van der Waals surface area (Å²) in [5, 5.41) is 0.446. The maximum absolute atomic E-state index is 12.5. The fourth-order valence-electron chi connectivity index (χ4n) is 1.76. The minimum absolute atomic E-state index is 0.0719. The van der Waals surface area contributed by atoms with E-state index in [-0.39, 0.29) is 22.5 Å². The third-order valence-electron chi connectivity index (χ3n) is 2.66. The van der Waals surface area contributed by atoms with Crippen LogP contribution in [-0.4, -0.2) is 31.2 Å². The summed E-state index contributed by atoms with van der Waals surface area (Å²) in [5.74, 6) is -0.849. The lowest BCUT2D eigenvalue weighted by molar-refractivity contribution is -0.0502. The van der Waals surface area contributed by atoms with Gasteiger partial charge in [0.2, 0.25) is 5.88 Å². The van der Waals surface area contributed by atoms with Gasteiger partial charge in [-0.3, -0.25) is 0 Å². The Balaban J connectivity index is 2.63. The summed E-state index contributed by atoms with van der Waals surface area (Å²) in [7, 11) is -5.94. The number of nitrogens with zero attached hydrogens (tertiary/aromatic N) is 1. The maximum atomic E-state index is 12.5. The molecule has 0 spiro atoms. The lowest BCUT2D eigenvalue weighted by Crippen LogP contribution is -2.29. The van der Waals surface area contributed by atoms with Crippen molar-refractivity contribution in [1.82, 2.24) is 4.57 Å². The normalized spacial score (nSPS) is 12.4. The van der Waals surface area contributed by atoms with Crippen molar-refractivity contribution in [2.45, 2.75) is 12.4 Å². The topological polar surface area (TPSA) is 74.6 Å². The second-order valence-electron chi connectivity index (χ2n) is 4.20. The molecule has 2 aromatic rings.